The number of sulfonamides is 1. The van der Waals surface area contributed by atoms with E-state index in [9.17, 15) is 36.3 Å². The number of amides is 2. The number of nitrogens with one attached hydrogen (secondary N) is 1. The number of hydrogen-bond donors (Lipinski definition) is 2. The summed E-state index contributed by atoms with van der Waals surface area (Å²) >= 11 is 6.11. The molecule has 0 aromatic heterocycles. The summed E-state index contributed by atoms with van der Waals surface area (Å²) in [4.78, 5) is 32.4. The Hall–Kier alpha value is -3.46. The monoisotopic (exact) mass is 696 g/mol. The molecule has 2 aromatic carbocycles. The molecule has 1 spiro atoms. The van der Waals surface area contributed by atoms with Gasteiger partial charge in [0.25, 0.3) is 11.8 Å². The minimum absolute atomic E-state index is 0.0377. The van der Waals surface area contributed by atoms with E-state index in [1.165, 1.54) is 28.6 Å². The summed E-state index contributed by atoms with van der Waals surface area (Å²) in [6, 6.07) is 7.53. The lowest BCUT2D eigenvalue weighted by Gasteiger charge is -2.36. The molecule has 2 amide bonds. The highest BCUT2D eigenvalue weighted by Gasteiger charge is 2.47. The zero-order valence-electron chi connectivity index (χ0n) is 26.2. The van der Waals surface area contributed by atoms with E-state index in [1.807, 2.05) is 13.8 Å². The minimum atomic E-state index is -4.53. The molecule has 0 atom stereocenters. The number of piperidine rings is 2. The van der Waals surface area contributed by atoms with Crippen molar-refractivity contribution in [3.63, 3.8) is 0 Å². The molecule has 15 heteroatoms. The first-order valence-electron chi connectivity index (χ1n) is 15.1. The third kappa shape index (κ3) is 7.82. The number of aryl methyl sites for hydroxylation is 2. The van der Waals surface area contributed by atoms with Gasteiger partial charge in [-0.3, -0.25) is 14.6 Å². The number of rotatable bonds is 7. The second kappa shape index (κ2) is 12.9. The Morgan fingerprint density at radius 3 is 2.28 bits per heavy atom. The van der Waals surface area contributed by atoms with Gasteiger partial charge < -0.3 is 20.1 Å². The summed E-state index contributed by atoms with van der Waals surface area (Å²) in [7, 11) is -3.86. The fraction of sp³-hybridized carbons (Fsp3) is 0.469. The molecular formula is C32H36ClF3N4O6S. The molecule has 10 nitrogen and oxygen atoms in total. The zero-order valence-corrected chi connectivity index (χ0v) is 27.7. The number of nitrogens with zero attached hydrogens (tertiary/aromatic N) is 3. The number of aliphatic imine (C=N–C) groups is 1. The van der Waals surface area contributed by atoms with Gasteiger partial charge in [0, 0.05) is 42.7 Å². The van der Waals surface area contributed by atoms with Crippen molar-refractivity contribution in [3.8, 4) is 5.75 Å². The second-order valence-corrected chi connectivity index (χ2v) is 14.8. The fourth-order valence-electron chi connectivity index (χ4n) is 6.00. The molecule has 2 fully saturated rings. The van der Waals surface area contributed by atoms with Crippen LogP contribution in [0.4, 0.5) is 13.2 Å². The van der Waals surface area contributed by atoms with Crippen LogP contribution in [-0.2, 0) is 14.8 Å². The van der Waals surface area contributed by atoms with E-state index in [1.54, 1.807) is 24.0 Å². The van der Waals surface area contributed by atoms with Gasteiger partial charge in [0.1, 0.15) is 17.1 Å². The van der Waals surface area contributed by atoms with Crippen molar-refractivity contribution >= 4 is 45.4 Å². The third-order valence-electron chi connectivity index (χ3n) is 8.86. The molecule has 3 aliphatic rings. The van der Waals surface area contributed by atoms with Gasteiger partial charge in [-0.1, -0.05) is 11.6 Å². The first-order chi connectivity index (χ1) is 21.9. The molecule has 5 rings (SSSR count). The van der Waals surface area contributed by atoms with Crippen molar-refractivity contribution < 1.29 is 41.0 Å². The molecule has 0 bridgehead atoms. The van der Waals surface area contributed by atoms with Crippen molar-refractivity contribution in [1.82, 2.24) is 14.5 Å². The Labute approximate surface area is 276 Å². The van der Waals surface area contributed by atoms with Gasteiger partial charge in [-0.2, -0.15) is 17.5 Å². The highest BCUT2D eigenvalue weighted by atomic mass is 35.5. The number of hydrogen-bond acceptors (Lipinski definition) is 7. The smallest absolute Gasteiger partial charge is 0.422 e. The van der Waals surface area contributed by atoms with E-state index in [2.05, 4.69) is 10.3 Å². The highest BCUT2D eigenvalue weighted by Crippen LogP contribution is 2.34. The maximum Gasteiger partial charge on any atom is 0.422 e. The Morgan fingerprint density at radius 2 is 1.70 bits per heavy atom. The SMILES string of the molecule is Cc1cc(C(=O)N2CCC(C)(O)CC2)cc(C)c1/C=C/S(=O)(=O)N1CCC2(CC1)N=C(c1ccc(OCC(F)(F)F)c(Cl)c1)NC2=O. The van der Waals surface area contributed by atoms with E-state index in [0.717, 1.165) is 16.5 Å². The van der Waals surface area contributed by atoms with Gasteiger partial charge in [-0.25, -0.2) is 8.42 Å². The predicted molar refractivity (Wildman–Crippen MR) is 171 cm³/mol. The summed E-state index contributed by atoms with van der Waals surface area (Å²) in [6.07, 6.45) is -1.77. The number of amidine groups is 1. The lowest BCUT2D eigenvalue weighted by atomic mass is 9.89. The van der Waals surface area contributed by atoms with E-state index in [-0.39, 0.29) is 48.4 Å². The fourth-order valence-corrected chi connectivity index (χ4v) is 7.41. The van der Waals surface area contributed by atoms with Crippen molar-refractivity contribution in [3.05, 3.63) is 68.6 Å². The quantitative estimate of drug-likeness (QED) is 0.436. The van der Waals surface area contributed by atoms with Crippen LogP contribution in [0.3, 0.4) is 0 Å². The zero-order chi connectivity index (χ0) is 34.4. The average molecular weight is 697 g/mol. The van der Waals surface area contributed by atoms with Gasteiger partial charge in [0.2, 0.25) is 10.0 Å². The molecule has 3 heterocycles. The number of carbonyl (C=O) groups is 2. The van der Waals surface area contributed by atoms with Crippen molar-refractivity contribution in [2.75, 3.05) is 32.8 Å². The second-order valence-electron chi connectivity index (χ2n) is 12.6. The summed E-state index contributed by atoms with van der Waals surface area (Å²) in [5, 5.41) is 13.9. The van der Waals surface area contributed by atoms with Crippen LogP contribution < -0.4 is 10.1 Å². The number of aliphatic hydroxyl groups is 1. The number of carbonyl (C=O) groups excluding carboxylic acids is 2. The van der Waals surface area contributed by atoms with Crippen molar-refractivity contribution in [2.24, 2.45) is 4.99 Å². The molecule has 2 saturated heterocycles. The Morgan fingerprint density at radius 1 is 1.09 bits per heavy atom. The molecule has 254 valence electrons. The van der Waals surface area contributed by atoms with Gasteiger partial charge >= 0.3 is 6.18 Å². The molecule has 0 saturated carbocycles. The third-order valence-corrected chi connectivity index (χ3v) is 10.7. The van der Waals surface area contributed by atoms with Crippen LogP contribution in [0.2, 0.25) is 5.02 Å². The average Bonchev–Trinajstić information content (AvgIpc) is 3.30. The van der Waals surface area contributed by atoms with E-state index < -0.39 is 39.9 Å². The topological polar surface area (TPSA) is 129 Å². The number of halogens is 4. The van der Waals surface area contributed by atoms with Crippen molar-refractivity contribution in [1.29, 1.82) is 0 Å². The van der Waals surface area contributed by atoms with Gasteiger partial charge in [-0.15, -0.1) is 0 Å². The summed E-state index contributed by atoms with van der Waals surface area (Å²) in [6.45, 7) is 4.88. The largest absolute Gasteiger partial charge is 0.483 e. The molecular weight excluding hydrogens is 661 g/mol. The maximum absolute atomic E-state index is 13.3. The normalized spacial score (nSPS) is 20.0. The Bertz CT molecular complexity index is 1720. The van der Waals surface area contributed by atoms with Crippen LogP contribution in [0.15, 0.2) is 40.7 Å². The summed E-state index contributed by atoms with van der Waals surface area (Å²) in [5.74, 6) is -0.504. The first kappa shape index (κ1) is 34.9. The number of likely N-dealkylation sites (tertiary alicyclic amines) is 1. The molecule has 2 N–H and O–H groups in total. The molecule has 47 heavy (non-hydrogen) atoms. The van der Waals surface area contributed by atoms with Crippen LogP contribution in [-0.4, -0.2) is 90.5 Å². The van der Waals surface area contributed by atoms with Gasteiger partial charge in [0.15, 0.2) is 6.61 Å². The van der Waals surface area contributed by atoms with Crippen LogP contribution >= 0.6 is 11.6 Å². The first-order valence-corrected chi connectivity index (χ1v) is 17.0. The van der Waals surface area contributed by atoms with E-state index in [4.69, 9.17) is 16.3 Å². The highest BCUT2D eigenvalue weighted by molar-refractivity contribution is 7.92. The lowest BCUT2D eigenvalue weighted by Crippen LogP contribution is -2.50. The van der Waals surface area contributed by atoms with Gasteiger partial charge in [-0.05, 0) is 99.6 Å². The molecule has 0 aliphatic carbocycles. The van der Waals surface area contributed by atoms with Crippen LogP contribution in [0, 0.1) is 13.8 Å². The Balaban J connectivity index is 1.24. The van der Waals surface area contributed by atoms with Gasteiger partial charge in [0.05, 0.1) is 10.6 Å². The molecule has 0 radical (unpaired) electrons. The summed E-state index contributed by atoms with van der Waals surface area (Å²) in [5.41, 5.74) is 1.07. The number of alkyl halides is 3. The molecule has 2 aromatic rings. The van der Waals surface area contributed by atoms with Crippen LogP contribution in [0.25, 0.3) is 6.08 Å². The molecule has 3 aliphatic heterocycles. The van der Waals surface area contributed by atoms with E-state index >= 15 is 0 Å². The number of ether oxygens (including phenoxy) is 1. The van der Waals surface area contributed by atoms with Crippen LogP contribution in [0.1, 0.15) is 65.2 Å². The Kier molecular flexibility index (Phi) is 9.54. The predicted octanol–water partition coefficient (Wildman–Crippen LogP) is 4.60. The van der Waals surface area contributed by atoms with Crippen molar-refractivity contribution in [2.45, 2.75) is 63.8 Å². The lowest BCUT2D eigenvalue weighted by molar-refractivity contribution is -0.153. The maximum atomic E-state index is 13.3. The molecule has 0 unspecified atom stereocenters. The standard InChI is InChI=1S/C32H36ClF3N4O6S/c1-20-16-23(28(41)39-11-7-30(3,43)8-12-39)17-21(2)24(20)6-15-47(44,45)40-13-9-31(10-14-40)29(42)37-27(38-31)22-4-5-26(25(33)18-22)46-19-32(34,35)36/h4-6,15-18,43H,7-14,19H2,1-3H3,(H,37,38,42)/b15-6+. The minimum Gasteiger partial charge on any atom is -0.483 e. The summed E-state index contributed by atoms with van der Waals surface area (Å²) < 4.78 is 70.1. The van der Waals surface area contributed by atoms with E-state index in [0.29, 0.717) is 42.6 Å². The van der Waals surface area contributed by atoms with Crippen LogP contribution in [0.5, 0.6) is 5.75 Å². The number of benzene rings is 2.